The van der Waals surface area contributed by atoms with Crippen LogP contribution in [0, 0.1) is 5.92 Å². The molecule has 0 aromatic carbocycles. The molecular weight excluding hydrogens is 190 g/mol. The monoisotopic (exact) mass is 209 g/mol. The van der Waals surface area contributed by atoms with Gasteiger partial charge in [0.15, 0.2) is 5.82 Å². The molecule has 1 aromatic rings. The van der Waals surface area contributed by atoms with Gasteiger partial charge in [0.25, 0.3) is 0 Å². The average molecular weight is 209 g/mol. The van der Waals surface area contributed by atoms with Crippen LogP contribution in [-0.4, -0.2) is 10.1 Å². The summed E-state index contributed by atoms with van der Waals surface area (Å²) in [5.74, 6) is 1.82. The molecule has 1 aliphatic carbocycles. The van der Waals surface area contributed by atoms with Gasteiger partial charge in [0.2, 0.25) is 5.89 Å². The van der Waals surface area contributed by atoms with Crippen LogP contribution in [0.4, 0.5) is 0 Å². The smallest absolute Gasteiger partial charge is 0.246 e. The molecule has 2 rings (SSSR count). The summed E-state index contributed by atoms with van der Waals surface area (Å²) in [6.07, 6.45) is 2.33. The van der Waals surface area contributed by atoms with Crippen LogP contribution in [-0.2, 0) is 11.0 Å². The molecule has 84 valence electrons. The summed E-state index contributed by atoms with van der Waals surface area (Å²) in [6.45, 7) is 8.16. The van der Waals surface area contributed by atoms with Crippen LogP contribution in [0.25, 0.3) is 0 Å². The molecule has 15 heavy (non-hydrogen) atoms. The maximum atomic E-state index is 6.20. The van der Waals surface area contributed by atoms with E-state index in [1.54, 1.807) is 0 Å². The van der Waals surface area contributed by atoms with Gasteiger partial charge >= 0.3 is 0 Å². The largest absolute Gasteiger partial charge is 0.337 e. The van der Waals surface area contributed by atoms with Gasteiger partial charge in [-0.15, -0.1) is 0 Å². The third-order valence-electron chi connectivity index (χ3n) is 2.98. The van der Waals surface area contributed by atoms with E-state index in [1.807, 2.05) is 6.92 Å². The predicted molar refractivity (Wildman–Crippen MR) is 57.3 cm³/mol. The van der Waals surface area contributed by atoms with Crippen LogP contribution in [0.3, 0.4) is 0 Å². The van der Waals surface area contributed by atoms with E-state index in [-0.39, 0.29) is 5.41 Å². The standard InChI is InChI=1S/C11H19N3O/c1-10(2,3)8-13-9(15-14-8)11(4,12)7-5-6-7/h7H,5-6,12H2,1-4H3. The van der Waals surface area contributed by atoms with Gasteiger partial charge in [0, 0.05) is 5.41 Å². The summed E-state index contributed by atoms with van der Waals surface area (Å²) in [5.41, 5.74) is 5.67. The Morgan fingerprint density at radius 1 is 1.27 bits per heavy atom. The summed E-state index contributed by atoms with van der Waals surface area (Å²) >= 11 is 0. The van der Waals surface area contributed by atoms with Crippen LogP contribution in [0.5, 0.6) is 0 Å². The number of hydrogen-bond donors (Lipinski definition) is 1. The molecule has 0 saturated heterocycles. The van der Waals surface area contributed by atoms with E-state index < -0.39 is 5.54 Å². The second-order valence-corrected chi connectivity index (χ2v) is 5.73. The molecule has 1 aliphatic rings. The molecule has 0 bridgehead atoms. The third kappa shape index (κ3) is 1.91. The Morgan fingerprint density at radius 3 is 2.27 bits per heavy atom. The van der Waals surface area contributed by atoms with Crippen LogP contribution >= 0.6 is 0 Å². The first-order chi connectivity index (χ1) is 6.82. The minimum absolute atomic E-state index is 0.0820. The number of aromatic nitrogens is 2. The minimum Gasteiger partial charge on any atom is -0.337 e. The van der Waals surface area contributed by atoms with Crippen molar-refractivity contribution in [3.63, 3.8) is 0 Å². The van der Waals surface area contributed by atoms with Crippen LogP contribution < -0.4 is 5.73 Å². The van der Waals surface area contributed by atoms with E-state index in [1.165, 1.54) is 12.8 Å². The number of hydrogen-bond acceptors (Lipinski definition) is 4. The topological polar surface area (TPSA) is 64.9 Å². The van der Waals surface area contributed by atoms with Crippen LogP contribution in [0.15, 0.2) is 4.52 Å². The van der Waals surface area contributed by atoms with Gasteiger partial charge in [0.05, 0.1) is 5.54 Å². The van der Waals surface area contributed by atoms with Crippen molar-refractivity contribution in [1.82, 2.24) is 10.1 Å². The molecule has 1 aromatic heterocycles. The molecule has 4 nitrogen and oxygen atoms in total. The van der Waals surface area contributed by atoms with E-state index in [2.05, 4.69) is 30.9 Å². The third-order valence-corrected chi connectivity index (χ3v) is 2.98. The Balaban J connectivity index is 2.27. The SMILES string of the molecule is CC(C)(C)c1noc(C(C)(N)C2CC2)n1. The number of nitrogens with zero attached hydrogens (tertiary/aromatic N) is 2. The van der Waals surface area contributed by atoms with Crippen molar-refractivity contribution in [2.45, 2.75) is 51.5 Å². The lowest BCUT2D eigenvalue weighted by Gasteiger charge is -2.18. The first-order valence-electron chi connectivity index (χ1n) is 5.45. The molecule has 0 radical (unpaired) electrons. The molecule has 1 saturated carbocycles. The molecule has 4 heteroatoms. The fourth-order valence-corrected chi connectivity index (χ4v) is 1.60. The highest BCUT2D eigenvalue weighted by molar-refractivity contribution is 5.10. The average Bonchev–Trinajstić information content (AvgIpc) is 2.80. The van der Waals surface area contributed by atoms with Gasteiger partial charge in [-0.05, 0) is 25.7 Å². The molecule has 0 spiro atoms. The fourth-order valence-electron chi connectivity index (χ4n) is 1.60. The molecule has 0 amide bonds. The molecule has 0 aliphatic heterocycles. The molecular formula is C11H19N3O. The second kappa shape index (κ2) is 3.04. The first kappa shape index (κ1) is 10.6. The molecule has 1 heterocycles. The van der Waals surface area contributed by atoms with Gasteiger partial charge in [-0.1, -0.05) is 25.9 Å². The molecule has 1 fully saturated rings. The summed E-state index contributed by atoms with van der Waals surface area (Å²) < 4.78 is 5.27. The quantitative estimate of drug-likeness (QED) is 0.808. The molecule has 2 N–H and O–H groups in total. The Kier molecular flexibility index (Phi) is 2.15. The predicted octanol–water partition coefficient (Wildman–Crippen LogP) is 1.95. The normalized spacial score (nSPS) is 21.4. The van der Waals surface area contributed by atoms with E-state index in [0.29, 0.717) is 11.8 Å². The van der Waals surface area contributed by atoms with E-state index in [9.17, 15) is 0 Å². The van der Waals surface area contributed by atoms with Crippen molar-refractivity contribution in [1.29, 1.82) is 0 Å². The van der Waals surface area contributed by atoms with E-state index >= 15 is 0 Å². The Labute approximate surface area is 90.2 Å². The van der Waals surface area contributed by atoms with Gasteiger partial charge in [0.1, 0.15) is 0 Å². The fraction of sp³-hybridized carbons (Fsp3) is 0.818. The van der Waals surface area contributed by atoms with Gasteiger partial charge in [-0.3, -0.25) is 0 Å². The zero-order chi connectivity index (χ0) is 11.3. The van der Waals surface area contributed by atoms with Gasteiger partial charge < -0.3 is 10.3 Å². The van der Waals surface area contributed by atoms with E-state index in [4.69, 9.17) is 10.3 Å². The zero-order valence-electron chi connectivity index (χ0n) is 9.87. The van der Waals surface area contributed by atoms with Gasteiger partial charge in [-0.2, -0.15) is 4.98 Å². The Bertz CT molecular complexity index is 358. The lowest BCUT2D eigenvalue weighted by atomic mass is 9.95. The maximum Gasteiger partial charge on any atom is 0.246 e. The molecule has 1 unspecified atom stereocenters. The Hall–Kier alpha value is -0.900. The first-order valence-corrected chi connectivity index (χ1v) is 5.45. The highest BCUT2D eigenvalue weighted by atomic mass is 16.5. The summed E-state index contributed by atoms with van der Waals surface area (Å²) in [7, 11) is 0. The van der Waals surface area contributed by atoms with Crippen molar-refractivity contribution in [2.75, 3.05) is 0 Å². The van der Waals surface area contributed by atoms with Gasteiger partial charge in [-0.25, -0.2) is 0 Å². The van der Waals surface area contributed by atoms with Crippen molar-refractivity contribution >= 4 is 0 Å². The van der Waals surface area contributed by atoms with Crippen molar-refractivity contribution in [3.8, 4) is 0 Å². The van der Waals surface area contributed by atoms with Crippen molar-refractivity contribution in [3.05, 3.63) is 11.7 Å². The zero-order valence-corrected chi connectivity index (χ0v) is 9.87. The highest BCUT2D eigenvalue weighted by Gasteiger charge is 2.44. The maximum absolute atomic E-state index is 6.20. The summed E-state index contributed by atoms with van der Waals surface area (Å²) in [5, 5.41) is 4.00. The second-order valence-electron chi connectivity index (χ2n) is 5.73. The van der Waals surface area contributed by atoms with E-state index in [0.717, 1.165) is 5.82 Å². The van der Waals surface area contributed by atoms with Crippen LogP contribution in [0.1, 0.15) is 52.3 Å². The summed E-state index contributed by atoms with van der Waals surface area (Å²) in [6, 6.07) is 0. The Morgan fingerprint density at radius 2 is 1.87 bits per heavy atom. The van der Waals surface area contributed by atoms with Crippen LogP contribution in [0.2, 0.25) is 0 Å². The van der Waals surface area contributed by atoms with Crippen molar-refractivity contribution in [2.24, 2.45) is 11.7 Å². The van der Waals surface area contributed by atoms with Crippen molar-refractivity contribution < 1.29 is 4.52 Å². The summed E-state index contributed by atoms with van der Waals surface area (Å²) in [4.78, 5) is 4.41. The number of rotatable bonds is 2. The minimum atomic E-state index is -0.448. The number of nitrogens with two attached hydrogens (primary N) is 1. The molecule has 1 atom stereocenters. The highest BCUT2D eigenvalue weighted by Crippen LogP contribution is 2.43. The lowest BCUT2D eigenvalue weighted by Crippen LogP contribution is -2.36. The lowest BCUT2D eigenvalue weighted by molar-refractivity contribution is 0.270.